The van der Waals surface area contributed by atoms with E-state index in [1.54, 1.807) is 25.1 Å². The molecule has 2 amide bonds. The number of anilines is 1. The van der Waals surface area contributed by atoms with Gasteiger partial charge in [-0.2, -0.15) is 0 Å². The largest absolute Gasteiger partial charge is 0.478 e. The fourth-order valence-electron chi connectivity index (χ4n) is 3.44. The van der Waals surface area contributed by atoms with Crippen LogP contribution in [0.1, 0.15) is 55.8 Å². The van der Waals surface area contributed by atoms with Gasteiger partial charge in [-0.25, -0.2) is 0 Å². The highest BCUT2D eigenvalue weighted by atomic mass is 35.5. The molecule has 3 N–H and O–H groups in total. The molecule has 1 fully saturated rings. The van der Waals surface area contributed by atoms with Crippen LogP contribution in [0.15, 0.2) is 18.2 Å². The molecule has 144 valence electrons. The third-order valence-corrected chi connectivity index (χ3v) is 4.88. The van der Waals surface area contributed by atoms with Crippen LogP contribution in [0.3, 0.4) is 0 Å². The minimum Gasteiger partial charge on any atom is -0.478 e. The van der Waals surface area contributed by atoms with E-state index in [-0.39, 0.29) is 24.2 Å². The van der Waals surface area contributed by atoms with E-state index in [0.717, 1.165) is 6.54 Å². The molecule has 1 saturated carbocycles. The summed E-state index contributed by atoms with van der Waals surface area (Å²) in [6.45, 7) is 3.00. The fourth-order valence-corrected chi connectivity index (χ4v) is 3.44. The molecule has 1 aliphatic carbocycles. The van der Waals surface area contributed by atoms with Gasteiger partial charge in [0.15, 0.2) is 11.9 Å². The van der Waals surface area contributed by atoms with Gasteiger partial charge < -0.3 is 20.7 Å². The van der Waals surface area contributed by atoms with Crippen LogP contribution < -0.4 is 20.7 Å². The molecular formula is C19H28ClN3O3. The maximum Gasteiger partial charge on any atom is 0.265 e. The summed E-state index contributed by atoms with van der Waals surface area (Å²) in [5, 5.41) is 9.24. The van der Waals surface area contributed by atoms with Crippen LogP contribution >= 0.6 is 12.4 Å². The first-order valence-corrected chi connectivity index (χ1v) is 9.27. The molecule has 0 aromatic heterocycles. The monoisotopic (exact) mass is 381 g/mol. The van der Waals surface area contributed by atoms with Crippen molar-refractivity contribution in [1.29, 1.82) is 0 Å². The normalized spacial score (nSPS) is 20.0. The molecule has 3 rings (SSSR count). The second-order valence-electron chi connectivity index (χ2n) is 6.83. The Balaban J connectivity index is 0.00000243. The highest BCUT2D eigenvalue weighted by molar-refractivity contribution is 6.03. The average Bonchev–Trinajstić information content (AvgIpc) is 2.88. The van der Waals surface area contributed by atoms with Crippen LogP contribution in [-0.4, -0.2) is 37.0 Å². The number of benzene rings is 1. The third-order valence-electron chi connectivity index (χ3n) is 4.88. The lowest BCUT2D eigenvalue weighted by molar-refractivity contribution is -0.122. The summed E-state index contributed by atoms with van der Waals surface area (Å²) in [5.41, 5.74) is 1.01. The van der Waals surface area contributed by atoms with Gasteiger partial charge in [-0.15, -0.1) is 12.4 Å². The van der Waals surface area contributed by atoms with Crippen molar-refractivity contribution in [3.63, 3.8) is 0 Å². The van der Waals surface area contributed by atoms with Crippen LogP contribution in [0.4, 0.5) is 5.69 Å². The lowest BCUT2D eigenvalue weighted by atomic mass is 10.1. The van der Waals surface area contributed by atoms with E-state index in [4.69, 9.17) is 4.74 Å². The first kappa shape index (κ1) is 20.5. The number of carbonyl (C=O) groups is 2. The minimum atomic E-state index is -0.599. The number of hydrogen-bond acceptors (Lipinski definition) is 4. The zero-order valence-electron chi connectivity index (χ0n) is 15.2. The highest BCUT2D eigenvalue weighted by Gasteiger charge is 2.27. The number of para-hydroxylation sites is 1. The molecule has 1 aromatic rings. The number of amides is 2. The lowest BCUT2D eigenvalue weighted by Crippen LogP contribution is -2.38. The minimum absolute atomic E-state index is 0. The number of carbonyl (C=O) groups excluding carboxylic acids is 2. The standard InChI is InChI=1S/C19H27N3O3.ClH/c1-13-18(23)22-16-10-6-9-15(17(16)25-13)19(24)21-12-11-20-14-7-4-2-3-5-8-14;/h6,9-10,13-14,20H,2-5,7-8,11-12H2,1H3,(H,21,24)(H,22,23);1H. The van der Waals surface area contributed by atoms with Gasteiger partial charge in [0.05, 0.1) is 11.3 Å². The smallest absolute Gasteiger partial charge is 0.265 e. The molecular weight excluding hydrogens is 354 g/mol. The van der Waals surface area contributed by atoms with Crippen LogP contribution in [0.25, 0.3) is 0 Å². The predicted molar refractivity (Wildman–Crippen MR) is 104 cm³/mol. The maximum absolute atomic E-state index is 12.5. The summed E-state index contributed by atoms with van der Waals surface area (Å²) in [6, 6.07) is 5.78. The summed E-state index contributed by atoms with van der Waals surface area (Å²) in [4.78, 5) is 24.2. The molecule has 0 saturated heterocycles. The molecule has 1 heterocycles. The van der Waals surface area contributed by atoms with Gasteiger partial charge in [-0.3, -0.25) is 9.59 Å². The van der Waals surface area contributed by atoms with Crippen molar-refractivity contribution in [2.75, 3.05) is 18.4 Å². The van der Waals surface area contributed by atoms with Gasteiger partial charge in [0.25, 0.3) is 11.8 Å². The maximum atomic E-state index is 12.5. The molecule has 1 unspecified atom stereocenters. The number of halogens is 1. The highest BCUT2D eigenvalue weighted by Crippen LogP contribution is 2.33. The average molecular weight is 382 g/mol. The lowest BCUT2D eigenvalue weighted by Gasteiger charge is -2.25. The summed E-state index contributed by atoms with van der Waals surface area (Å²) in [6.07, 6.45) is 7.12. The summed E-state index contributed by atoms with van der Waals surface area (Å²) in [7, 11) is 0. The molecule has 2 aliphatic rings. The van der Waals surface area contributed by atoms with E-state index < -0.39 is 6.10 Å². The number of hydrogen-bond donors (Lipinski definition) is 3. The number of ether oxygens (including phenoxy) is 1. The predicted octanol–water partition coefficient (Wildman–Crippen LogP) is 2.87. The Morgan fingerprint density at radius 1 is 1.19 bits per heavy atom. The molecule has 0 radical (unpaired) electrons. The summed E-state index contributed by atoms with van der Waals surface area (Å²) < 4.78 is 5.62. The van der Waals surface area contributed by atoms with Crippen molar-refractivity contribution < 1.29 is 14.3 Å². The van der Waals surface area contributed by atoms with Crippen molar-refractivity contribution in [2.45, 2.75) is 57.6 Å². The van der Waals surface area contributed by atoms with Gasteiger partial charge in [-0.1, -0.05) is 31.7 Å². The number of fused-ring (bicyclic) bond motifs is 1. The first-order valence-electron chi connectivity index (χ1n) is 9.27. The molecule has 1 aliphatic heterocycles. The molecule has 0 spiro atoms. The Bertz CT molecular complexity index is 630. The molecule has 0 bridgehead atoms. The third kappa shape index (κ3) is 5.11. The SMILES string of the molecule is CC1Oc2c(cccc2C(=O)NCCNC2CCCCCC2)NC1=O.Cl. The van der Waals surface area contributed by atoms with Crippen molar-refractivity contribution in [1.82, 2.24) is 10.6 Å². The van der Waals surface area contributed by atoms with Crippen molar-refractivity contribution in [3.8, 4) is 5.75 Å². The van der Waals surface area contributed by atoms with Gasteiger partial charge in [0.2, 0.25) is 0 Å². The van der Waals surface area contributed by atoms with E-state index in [1.165, 1.54) is 38.5 Å². The second-order valence-corrected chi connectivity index (χ2v) is 6.83. The zero-order chi connectivity index (χ0) is 17.6. The van der Waals surface area contributed by atoms with Gasteiger partial charge in [0.1, 0.15) is 0 Å². The Morgan fingerprint density at radius 3 is 2.65 bits per heavy atom. The Hall–Kier alpha value is -1.79. The van der Waals surface area contributed by atoms with E-state index in [2.05, 4.69) is 16.0 Å². The summed E-state index contributed by atoms with van der Waals surface area (Å²) >= 11 is 0. The van der Waals surface area contributed by atoms with Gasteiger partial charge in [-0.05, 0) is 31.9 Å². The first-order chi connectivity index (χ1) is 12.1. The molecule has 7 heteroatoms. The Morgan fingerprint density at radius 2 is 1.92 bits per heavy atom. The van der Waals surface area contributed by atoms with Crippen molar-refractivity contribution in [3.05, 3.63) is 23.8 Å². The Kier molecular flexibility index (Phi) is 7.72. The van der Waals surface area contributed by atoms with E-state index >= 15 is 0 Å². The van der Waals surface area contributed by atoms with E-state index in [9.17, 15) is 9.59 Å². The molecule has 26 heavy (non-hydrogen) atoms. The van der Waals surface area contributed by atoms with Gasteiger partial charge in [0, 0.05) is 19.1 Å². The van der Waals surface area contributed by atoms with Crippen LogP contribution in [0.5, 0.6) is 5.75 Å². The van der Waals surface area contributed by atoms with Crippen molar-refractivity contribution >= 4 is 29.9 Å². The van der Waals surface area contributed by atoms with Crippen LogP contribution in [0, 0.1) is 0 Å². The Labute approximate surface area is 160 Å². The molecule has 1 aromatic carbocycles. The van der Waals surface area contributed by atoms with Crippen molar-refractivity contribution in [2.24, 2.45) is 0 Å². The van der Waals surface area contributed by atoms with Crippen LogP contribution in [0.2, 0.25) is 0 Å². The number of nitrogens with one attached hydrogen (secondary N) is 3. The topological polar surface area (TPSA) is 79.5 Å². The zero-order valence-corrected chi connectivity index (χ0v) is 16.0. The van der Waals surface area contributed by atoms with E-state index in [1.807, 2.05) is 0 Å². The quantitative estimate of drug-likeness (QED) is 0.541. The number of rotatable bonds is 5. The van der Waals surface area contributed by atoms with E-state index in [0.29, 0.717) is 29.6 Å². The second kappa shape index (κ2) is 9.78. The summed E-state index contributed by atoms with van der Waals surface area (Å²) in [5.74, 6) is 0.0735. The van der Waals surface area contributed by atoms with Gasteiger partial charge >= 0.3 is 0 Å². The van der Waals surface area contributed by atoms with Crippen LogP contribution in [-0.2, 0) is 4.79 Å². The fraction of sp³-hybridized carbons (Fsp3) is 0.579. The molecule has 1 atom stereocenters. The molecule has 6 nitrogen and oxygen atoms in total.